The first-order valence-electron chi connectivity index (χ1n) is 3.94. The number of rotatable bonds is 2. The molecule has 0 fully saturated rings. The van der Waals surface area contributed by atoms with Crippen LogP contribution in [0, 0.1) is 6.92 Å². The number of aliphatic carboxylic acids is 1. The molecular formula is C10H10O4. The highest BCUT2D eigenvalue weighted by Crippen LogP contribution is 2.29. The van der Waals surface area contributed by atoms with Gasteiger partial charge in [0.25, 0.3) is 0 Å². The van der Waals surface area contributed by atoms with Crippen molar-refractivity contribution in [2.75, 3.05) is 0 Å². The number of aromatic hydroxyl groups is 2. The summed E-state index contributed by atoms with van der Waals surface area (Å²) in [7, 11) is 0. The van der Waals surface area contributed by atoms with Gasteiger partial charge in [-0.2, -0.15) is 0 Å². The van der Waals surface area contributed by atoms with E-state index in [-0.39, 0.29) is 11.5 Å². The van der Waals surface area contributed by atoms with Crippen LogP contribution in [0.4, 0.5) is 0 Å². The average molecular weight is 194 g/mol. The van der Waals surface area contributed by atoms with Gasteiger partial charge in [-0.3, -0.25) is 0 Å². The number of hydrogen-bond donors (Lipinski definition) is 3. The van der Waals surface area contributed by atoms with E-state index in [1.165, 1.54) is 12.1 Å². The molecule has 0 saturated heterocycles. The van der Waals surface area contributed by atoms with Crippen LogP contribution in [0.15, 0.2) is 18.2 Å². The minimum atomic E-state index is -1.06. The molecule has 4 nitrogen and oxygen atoms in total. The van der Waals surface area contributed by atoms with E-state index in [4.69, 9.17) is 5.11 Å². The predicted molar refractivity (Wildman–Crippen MR) is 51.2 cm³/mol. The number of carbonyl (C=O) groups is 1. The summed E-state index contributed by atoms with van der Waals surface area (Å²) in [6.07, 6.45) is 2.31. The molecule has 14 heavy (non-hydrogen) atoms. The van der Waals surface area contributed by atoms with Crippen LogP contribution in [-0.2, 0) is 4.79 Å². The second kappa shape index (κ2) is 3.83. The van der Waals surface area contributed by atoms with Gasteiger partial charge in [-0.15, -0.1) is 0 Å². The molecule has 74 valence electrons. The summed E-state index contributed by atoms with van der Waals surface area (Å²) in [6, 6.07) is 2.87. The summed E-state index contributed by atoms with van der Waals surface area (Å²) < 4.78 is 0. The molecule has 0 saturated carbocycles. The standard InChI is InChI=1S/C10H10O4/c1-6-4-7(2-3-9(12)13)5-8(11)10(6)14/h2-5,11,14H,1H3,(H,12,13)/b3-2+. The predicted octanol–water partition coefficient (Wildman–Crippen LogP) is 1.50. The van der Waals surface area contributed by atoms with E-state index in [1.807, 2.05) is 0 Å². The molecule has 0 bridgehead atoms. The first-order chi connectivity index (χ1) is 6.50. The van der Waals surface area contributed by atoms with E-state index in [0.717, 1.165) is 6.08 Å². The van der Waals surface area contributed by atoms with Crippen molar-refractivity contribution in [2.24, 2.45) is 0 Å². The highest BCUT2D eigenvalue weighted by atomic mass is 16.4. The Balaban J connectivity index is 3.07. The van der Waals surface area contributed by atoms with E-state index in [1.54, 1.807) is 13.0 Å². The summed E-state index contributed by atoms with van der Waals surface area (Å²) in [5.74, 6) is -1.50. The Bertz CT molecular complexity index is 370. The zero-order valence-electron chi connectivity index (χ0n) is 7.56. The fourth-order valence-corrected chi connectivity index (χ4v) is 1.05. The van der Waals surface area contributed by atoms with Gasteiger partial charge >= 0.3 is 5.97 Å². The molecule has 0 unspecified atom stereocenters. The Labute approximate surface area is 80.7 Å². The summed E-state index contributed by atoms with van der Waals surface area (Å²) in [5.41, 5.74) is 1.02. The van der Waals surface area contributed by atoms with Gasteiger partial charge in [0.05, 0.1) is 0 Å². The van der Waals surface area contributed by atoms with Crippen molar-refractivity contribution >= 4 is 12.0 Å². The van der Waals surface area contributed by atoms with Gasteiger partial charge in [-0.25, -0.2) is 4.79 Å². The second-order valence-corrected chi connectivity index (χ2v) is 2.88. The molecule has 0 radical (unpaired) electrons. The molecule has 1 aromatic rings. The number of carboxylic acid groups (broad SMARTS) is 1. The summed E-state index contributed by atoms with van der Waals surface area (Å²) in [5, 5.41) is 26.8. The van der Waals surface area contributed by atoms with Crippen LogP contribution in [0.5, 0.6) is 11.5 Å². The van der Waals surface area contributed by atoms with Crippen molar-refractivity contribution in [1.82, 2.24) is 0 Å². The third-order valence-electron chi connectivity index (χ3n) is 1.72. The van der Waals surface area contributed by atoms with Crippen molar-refractivity contribution in [3.05, 3.63) is 29.3 Å². The Morgan fingerprint density at radius 2 is 2.00 bits per heavy atom. The maximum absolute atomic E-state index is 10.2. The molecule has 3 N–H and O–H groups in total. The Morgan fingerprint density at radius 3 is 2.50 bits per heavy atom. The highest BCUT2D eigenvalue weighted by molar-refractivity contribution is 5.85. The van der Waals surface area contributed by atoms with Crippen LogP contribution < -0.4 is 0 Å². The van der Waals surface area contributed by atoms with Gasteiger partial charge in [0.1, 0.15) is 0 Å². The first-order valence-corrected chi connectivity index (χ1v) is 3.94. The lowest BCUT2D eigenvalue weighted by molar-refractivity contribution is -0.131. The molecule has 0 aliphatic carbocycles. The van der Waals surface area contributed by atoms with Crippen LogP contribution in [0.3, 0.4) is 0 Å². The number of hydrogen-bond acceptors (Lipinski definition) is 3. The molecule has 4 heteroatoms. The van der Waals surface area contributed by atoms with E-state index < -0.39 is 5.97 Å². The zero-order chi connectivity index (χ0) is 10.7. The van der Waals surface area contributed by atoms with Crippen molar-refractivity contribution < 1.29 is 20.1 Å². The van der Waals surface area contributed by atoms with Crippen LogP contribution >= 0.6 is 0 Å². The average Bonchev–Trinajstić information content (AvgIpc) is 2.10. The lowest BCUT2D eigenvalue weighted by atomic mass is 10.1. The fourth-order valence-electron chi connectivity index (χ4n) is 1.05. The number of carboxylic acids is 1. The van der Waals surface area contributed by atoms with E-state index in [2.05, 4.69) is 0 Å². The second-order valence-electron chi connectivity index (χ2n) is 2.88. The molecule has 0 spiro atoms. The topological polar surface area (TPSA) is 77.8 Å². The van der Waals surface area contributed by atoms with E-state index in [0.29, 0.717) is 11.1 Å². The number of aryl methyl sites for hydroxylation is 1. The smallest absolute Gasteiger partial charge is 0.328 e. The van der Waals surface area contributed by atoms with Gasteiger partial charge in [-0.1, -0.05) is 0 Å². The van der Waals surface area contributed by atoms with Gasteiger partial charge in [0, 0.05) is 6.08 Å². The van der Waals surface area contributed by atoms with Crippen LogP contribution in [0.25, 0.3) is 6.08 Å². The fraction of sp³-hybridized carbons (Fsp3) is 0.100. The number of phenolic OH excluding ortho intramolecular Hbond substituents is 2. The quantitative estimate of drug-likeness (QED) is 0.492. The summed E-state index contributed by atoms with van der Waals surface area (Å²) in [6.45, 7) is 1.62. The largest absolute Gasteiger partial charge is 0.504 e. The van der Waals surface area contributed by atoms with Crippen LogP contribution in [0.1, 0.15) is 11.1 Å². The first kappa shape index (κ1) is 10.1. The van der Waals surface area contributed by atoms with E-state index in [9.17, 15) is 15.0 Å². The minimum Gasteiger partial charge on any atom is -0.504 e. The van der Waals surface area contributed by atoms with E-state index >= 15 is 0 Å². The monoisotopic (exact) mass is 194 g/mol. The Kier molecular flexibility index (Phi) is 2.76. The van der Waals surface area contributed by atoms with Crippen molar-refractivity contribution in [2.45, 2.75) is 6.92 Å². The number of benzene rings is 1. The van der Waals surface area contributed by atoms with Gasteiger partial charge < -0.3 is 15.3 Å². The van der Waals surface area contributed by atoms with Crippen molar-refractivity contribution in [1.29, 1.82) is 0 Å². The molecule has 0 aliphatic heterocycles. The van der Waals surface area contributed by atoms with Crippen LogP contribution in [-0.4, -0.2) is 21.3 Å². The Morgan fingerprint density at radius 1 is 1.36 bits per heavy atom. The highest BCUT2D eigenvalue weighted by Gasteiger charge is 2.03. The Hall–Kier alpha value is -1.97. The van der Waals surface area contributed by atoms with Crippen molar-refractivity contribution in [3.63, 3.8) is 0 Å². The normalized spacial score (nSPS) is 10.6. The van der Waals surface area contributed by atoms with Gasteiger partial charge in [0.15, 0.2) is 11.5 Å². The lowest BCUT2D eigenvalue weighted by Gasteiger charge is -2.02. The molecule has 0 heterocycles. The third kappa shape index (κ3) is 2.26. The van der Waals surface area contributed by atoms with Gasteiger partial charge in [0.2, 0.25) is 0 Å². The molecule has 0 aliphatic rings. The molecule has 1 aromatic carbocycles. The van der Waals surface area contributed by atoms with Crippen molar-refractivity contribution in [3.8, 4) is 11.5 Å². The molecule has 0 amide bonds. The molecule has 0 atom stereocenters. The number of phenols is 2. The minimum absolute atomic E-state index is 0.183. The lowest BCUT2D eigenvalue weighted by Crippen LogP contribution is -1.86. The zero-order valence-corrected chi connectivity index (χ0v) is 7.56. The summed E-state index contributed by atoms with van der Waals surface area (Å²) in [4.78, 5) is 10.2. The maximum atomic E-state index is 10.2. The summed E-state index contributed by atoms with van der Waals surface area (Å²) >= 11 is 0. The maximum Gasteiger partial charge on any atom is 0.328 e. The third-order valence-corrected chi connectivity index (χ3v) is 1.72. The van der Waals surface area contributed by atoms with Gasteiger partial charge in [-0.05, 0) is 36.3 Å². The molecular weight excluding hydrogens is 184 g/mol. The molecule has 1 rings (SSSR count). The molecule has 0 aromatic heterocycles. The SMILES string of the molecule is Cc1cc(/C=C/C(=O)O)cc(O)c1O. The van der Waals surface area contributed by atoms with Crippen LogP contribution in [0.2, 0.25) is 0 Å².